The van der Waals surface area contributed by atoms with Crippen molar-refractivity contribution in [1.82, 2.24) is 0 Å². The molecule has 0 radical (unpaired) electrons. The van der Waals surface area contributed by atoms with E-state index in [1.54, 1.807) is 0 Å². The molecule has 0 aliphatic heterocycles. The maximum Gasteiger partial charge on any atom is 0.249 e. The molecular weight excluding hydrogens is 408 g/mol. The van der Waals surface area contributed by atoms with E-state index in [0.29, 0.717) is 0 Å². The minimum absolute atomic E-state index is 0.220. The van der Waals surface area contributed by atoms with Crippen LogP contribution in [0.5, 0.6) is 0 Å². The van der Waals surface area contributed by atoms with Crippen LogP contribution >= 0.6 is 0 Å². The lowest BCUT2D eigenvalue weighted by molar-refractivity contribution is 0.0963. The number of benzene rings is 2. The van der Waals surface area contributed by atoms with Gasteiger partial charge in [0.2, 0.25) is 35.4 Å². The summed E-state index contributed by atoms with van der Waals surface area (Å²) in [7, 11) is 0. The van der Waals surface area contributed by atoms with Crippen LogP contribution in [0.2, 0.25) is 0 Å². The molecule has 0 bridgehead atoms. The Bertz CT molecular complexity index is 1100. The first-order valence-corrected chi connectivity index (χ1v) is 8.49. The maximum atomic E-state index is 12.1. The molecule has 0 unspecified atom stereocenters. The number of carbonyl (C=O) groups is 6. The van der Waals surface area contributed by atoms with E-state index >= 15 is 0 Å². The van der Waals surface area contributed by atoms with Crippen LogP contribution in [0.25, 0.3) is 0 Å². The molecule has 0 saturated carbocycles. The lowest BCUT2D eigenvalue weighted by atomic mass is 9.85. The Morgan fingerprint density at radius 2 is 0.710 bits per heavy atom. The quantitative estimate of drug-likeness (QED) is 0.274. The zero-order chi connectivity index (χ0) is 23.6. The van der Waals surface area contributed by atoms with Gasteiger partial charge in [0.05, 0.1) is 22.3 Å². The molecule has 0 aromatic heterocycles. The zero-order valence-corrected chi connectivity index (χ0v) is 15.9. The number of hydrogen-bond donors (Lipinski definition) is 6. The summed E-state index contributed by atoms with van der Waals surface area (Å²) in [6.45, 7) is 0. The molecule has 2 aromatic rings. The topological polar surface area (TPSA) is 259 Å². The number of nitrogens with two attached hydrogens (primary N) is 6. The second kappa shape index (κ2) is 8.32. The van der Waals surface area contributed by atoms with Gasteiger partial charge in [-0.1, -0.05) is 0 Å². The SMILES string of the molecule is NC(=O)c1ccc(C(N)=O)c(C(N)=O)c1Cc1c(C(N)=O)ccc(C(N)=O)c1C(N)=O. The molecule has 2 rings (SSSR count). The lowest BCUT2D eigenvalue weighted by Crippen LogP contribution is -2.28. The number of primary amides is 6. The van der Waals surface area contributed by atoms with E-state index < -0.39 is 53.0 Å². The van der Waals surface area contributed by atoms with Gasteiger partial charge in [-0.15, -0.1) is 0 Å². The van der Waals surface area contributed by atoms with Crippen LogP contribution in [-0.2, 0) is 6.42 Å². The van der Waals surface area contributed by atoms with Crippen LogP contribution in [0.3, 0.4) is 0 Å². The normalized spacial score (nSPS) is 10.3. The minimum Gasteiger partial charge on any atom is -0.366 e. The van der Waals surface area contributed by atoms with E-state index in [9.17, 15) is 28.8 Å². The van der Waals surface area contributed by atoms with Crippen molar-refractivity contribution >= 4 is 35.4 Å². The summed E-state index contributed by atoms with van der Waals surface area (Å²) in [5, 5.41) is 0. The van der Waals surface area contributed by atoms with Crippen molar-refractivity contribution in [2.75, 3.05) is 0 Å². The van der Waals surface area contributed by atoms with Gasteiger partial charge >= 0.3 is 0 Å². The van der Waals surface area contributed by atoms with Gasteiger partial charge in [0.1, 0.15) is 0 Å². The van der Waals surface area contributed by atoms with Gasteiger partial charge in [-0.05, 0) is 35.4 Å². The van der Waals surface area contributed by atoms with Gasteiger partial charge in [0, 0.05) is 17.5 Å². The summed E-state index contributed by atoms with van der Waals surface area (Å²) in [5.41, 5.74) is 29.6. The van der Waals surface area contributed by atoms with Crippen LogP contribution in [0.1, 0.15) is 73.3 Å². The number of carbonyl (C=O) groups excluding carboxylic acids is 6. The molecule has 12 nitrogen and oxygen atoms in total. The molecule has 0 fully saturated rings. The Morgan fingerprint density at radius 1 is 0.452 bits per heavy atom. The molecular formula is C19H18N6O6. The smallest absolute Gasteiger partial charge is 0.249 e. The highest BCUT2D eigenvalue weighted by molar-refractivity contribution is 6.12. The summed E-state index contributed by atoms with van der Waals surface area (Å²) in [4.78, 5) is 71.8. The van der Waals surface area contributed by atoms with Crippen molar-refractivity contribution in [2.24, 2.45) is 34.4 Å². The fourth-order valence-electron chi connectivity index (χ4n) is 3.27. The molecule has 0 atom stereocenters. The van der Waals surface area contributed by atoms with Gasteiger partial charge in [0.25, 0.3) is 0 Å². The van der Waals surface area contributed by atoms with Gasteiger partial charge in [-0.25, -0.2) is 0 Å². The van der Waals surface area contributed by atoms with Crippen molar-refractivity contribution in [1.29, 1.82) is 0 Å². The Morgan fingerprint density at radius 3 is 0.935 bits per heavy atom. The molecule has 0 aliphatic carbocycles. The van der Waals surface area contributed by atoms with Crippen molar-refractivity contribution in [3.63, 3.8) is 0 Å². The Hall–Kier alpha value is -4.74. The van der Waals surface area contributed by atoms with E-state index in [0.717, 1.165) is 24.3 Å². The van der Waals surface area contributed by atoms with E-state index in [2.05, 4.69) is 0 Å². The summed E-state index contributed by atoms with van der Waals surface area (Å²) >= 11 is 0. The first kappa shape index (κ1) is 22.5. The highest BCUT2D eigenvalue weighted by Gasteiger charge is 2.28. The molecule has 160 valence electrons. The average Bonchev–Trinajstić information content (AvgIpc) is 2.65. The van der Waals surface area contributed by atoms with Crippen LogP contribution in [0, 0.1) is 0 Å². The van der Waals surface area contributed by atoms with Crippen molar-refractivity contribution in [3.05, 3.63) is 68.8 Å². The van der Waals surface area contributed by atoms with E-state index in [-0.39, 0.29) is 33.4 Å². The maximum absolute atomic E-state index is 12.1. The van der Waals surface area contributed by atoms with Gasteiger partial charge in [-0.2, -0.15) is 0 Å². The summed E-state index contributed by atoms with van der Waals surface area (Å²) in [5.74, 6) is -6.38. The standard InChI is InChI=1S/C19H18N6O6/c20-14(26)6-1-3-8(16(22)28)12(18(24)30)10(6)5-11-7(15(21)27)2-4-9(17(23)29)13(11)19(25)31/h1-4H,5H2,(H2,20,26)(H2,21,27)(H2,22,28)(H2,23,29)(H2,24,30)(H2,25,31). The average molecular weight is 426 g/mol. The number of amides is 6. The third-order valence-corrected chi connectivity index (χ3v) is 4.53. The predicted octanol–water partition coefficient (Wildman–Crippen LogP) is -2.13. The van der Waals surface area contributed by atoms with Crippen LogP contribution < -0.4 is 34.4 Å². The molecule has 0 heterocycles. The van der Waals surface area contributed by atoms with Crippen LogP contribution in [0.4, 0.5) is 0 Å². The molecule has 0 saturated heterocycles. The molecule has 31 heavy (non-hydrogen) atoms. The van der Waals surface area contributed by atoms with Gasteiger partial charge in [0.15, 0.2) is 0 Å². The van der Waals surface area contributed by atoms with E-state index in [1.165, 1.54) is 0 Å². The predicted molar refractivity (Wildman–Crippen MR) is 107 cm³/mol. The number of hydrogen-bond acceptors (Lipinski definition) is 6. The zero-order valence-electron chi connectivity index (χ0n) is 15.9. The second-order valence-electron chi connectivity index (χ2n) is 6.39. The third-order valence-electron chi connectivity index (χ3n) is 4.53. The Balaban J connectivity index is 3.02. The highest BCUT2D eigenvalue weighted by atomic mass is 16.2. The molecule has 0 spiro atoms. The van der Waals surface area contributed by atoms with Crippen molar-refractivity contribution in [2.45, 2.75) is 6.42 Å². The fraction of sp³-hybridized carbons (Fsp3) is 0.0526. The summed E-state index contributed by atoms with van der Waals surface area (Å²) in [6.07, 6.45) is -0.560. The fourth-order valence-corrected chi connectivity index (χ4v) is 3.27. The highest BCUT2D eigenvalue weighted by Crippen LogP contribution is 2.28. The monoisotopic (exact) mass is 426 g/mol. The minimum atomic E-state index is -1.14. The first-order valence-electron chi connectivity index (χ1n) is 8.49. The van der Waals surface area contributed by atoms with E-state index in [1.807, 2.05) is 0 Å². The van der Waals surface area contributed by atoms with Gasteiger partial charge in [-0.3, -0.25) is 28.8 Å². The van der Waals surface area contributed by atoms with Gasteiger partial charge < -0.3 is 34.4 Å². The Labute approximate surface area is 174 Å². The van der Waals surface area contributed by atoms with Crippen molar-refractivity contribution < 1.29 is 28.8 Å². The molecule has 12 N–H and O–H groups in total. The summed E-state index contributed by atoms with van der Waals surface area (Å²) < 4.78 is 0. The van der Waals surface area contributed by atoms with Crippen LogP contribution in [0.15, 0.2) is 24.3 Å². The second-order valence-corrected chi connectivity index (χ2v) is 6.39. The van der Waals surface area contributed by atoms with Crippen LogP contribution in [-0.4, -0.2) is 35.4 Å². The Kier molecular flexibility index (Phi) is 6.05. The molecule has 12 heteroatoms. The van der Waals surface area contributed by atoms with Crippen molar-refractivity contribution in [3.8, 4) is 0 Å². The number of rotatable bonds is 8. The largest absolute Gasteiger partial charge is 0.366 e. The summed E-state index contributed by atoms with van der Waals surface area (Å²) in [6, 6.07) is 4.40. The molecule has 2 aromatic carbocycles. The molecule has 6 amide bonds. The first-order chi connectivity index (χ1) is 14.4. The molecule has 0 aliphatic rings. The van der Waals surface area contributed by atoms with E-state index in [4.69, 9.17) is 34.4 Å². The third kappa shape index (κ3) is 4.17. The lowest BCUT2D eigenvalue weighted by Gasteiger charge is -2.18.